The molecule has 0 spiro atoms. The van der Waals surface area contributed by atoms with Gasteiger partial charge < -0.3 is 10.8 Å². The summed E-state index contributed by atoms with van der Waals surface area (Å²) in [5.41, 5.74) is 5.52. The number of nitrogen functional groups attached to an aromatic ring is 1. The molecule has 3 rings (SSSR count). The van der Waals surface area contributed by atoms with Crippen LogP contribution in [0.15, 0.2) is 17.0 Å². The Labute approximate surface area is 133 Å². The lowest BCUT2D eigenvalue weighted by Gasteiger charge is -2.36. The standard InChI is InChI=1S/C13H17ClFN3O3S/c14-10-1-2-11(16)12(19)13(10)22(20,21)18-4-3-17-6-8(15)5-9(17)7-18/h1-2,8-9,19H,3-7,16H2/t8-,9-/m0/s1. The predicted octanol–water partition coefficient (Wildman–Crippen LogP) is 1.04. The third-order valence-electron chi connectivity index (χ3n) is 4.24. The molecule has 9 heteroatoms. The average Bonchev–Trinajstić information content (AvgIpc) is 2.82. The minimum absolute atomic E-state index is 0.0497. The molecule has 3 N–H and O–H groups in total. The third kappa shape index (κ3) is 2.54. The van der Waals surface area contributed by atoms with Crippen LogP contribution in [-0.2, 0) is 10.0 Å². The summed E-state index contributed by atoms with van der Waals surface area (Å²) in [7, 11) is -3.98. The van der Waals surface area contributed by atoms with Crippen molar-refractivity contribution in [3.63, 3.8) is 0 Å². The normalized spacial score (nSPS) is 27.0. The van der Waals surface area contributed by atoms with Gasteiger partial charge in [0.15, 0.2) is 5.75 Å². The van der Waals surface area contributed by atoms with Crippen LogP contribution < -0.4 is 5.73 Å². The summed E-state index contributed by atoms with van der Waals surface area (Å²) in [6.07, 6.45) is -0.597. The summed E-state index contributed by atoms with van der Waals surface area (Å²) in [4.78, 5) is 1.58. The smallest absolute Gasteiger partial charge is 0.248 e. The lowest BCUT2D eigenvalue weighted by atomic mass is 10.2. The number of hydrogen-bond donors (Lipinski definition) is 2. The Bertz CT molecular complexity index is 700. The van der Waals surface area contributed by atoms with Crippen LogP contribution in [-0.4, -0.2) is 61.1 Å². The Morgan fingerprint density at radius 3 is 2.77 bits per heavy atom. The fourth-order valence-corrected chi connectivity index (χ4v) is 5.18. The molecule has 2 atom stereocenters. The van der Waals surface area contributed by atoms with Crippen LogP contribution in [0.5, 0.6) is 5.75 Å². The summed E-state index contributed by atoms with van der Waals surface area (Å²) in [6.45, 7) is 1.23. The molecule has 2 fully saturated rings. The number of nitrogens with two attached hydrogens (primary N) is 1. The molecule has 1 aromatic rings. The van der Waals surface area contributed by atoms with Gasteiger partial charge in [0, 0.05) is 32.2 Å². The number of sulfonamides is 1. The van der Waals surface area contributed by atoms with E-state index in [-0.39, 0.29) is 34.7 Å². The van der Waals surface area contributed by atoms with Gasteiger partial charge in [0.2, 0.25) is 10.0 Å². The lowest BCUT2D eigenvalue weighted by molar-refractivity contribution is 0.156. The van der Waals surface area contributed by atoms with E-state index in [2.05, 4.69) is 0 Å². The number of anilines is 1. The first-order valence-electron chi connectivity index (χ1n) is 6.96. The topological polar surface area (TPSA) is 86.9 Å². The van der Waals surface area contributed by atoms with Gasteiger partial charge in [-0.1, -0.05) is 11.6 Å². The van der Waals surface area contributed by atoms with Crippen molar-refractivity contribution >= 4 is 27.3 Å². The number of fused-ring (bicyclic) bond motifs is 1. The summed E-state index contributed by atoms with van der Waals surface area (Å²) in [5.74, 6) is -0.537. The molecule has 6 nitrogen and oxygen atoms in total. The van der Waals surface area contributed by atoms with Crippen molar-refractivity contribution in [3.8, 4) is 5.75 Å². The number of piperazine rings is 1. The fraction of sp³-hybridized carbons (Fsp3) is 0.538. The van der Waals surface area contributed by atoms with E-state index in [1.54, 1.807) is 0 Å². The van der Waals surface area contributed by atoms with Gasteiger partial charge >= 0.3 is 0 Å². The highest BCUT2D eigenvalue weighted by atomic mass is 35.5. The second-order valence-electron chi connectivity index (χ2n) is 5.66. The molecule has 2 heterocycles. The Hall–Kier alpha value is -1.09. The van der Waals surface area contributed by atoms with E-state index in [1.807, 2.05) is 4.90 Å². The number of alkyl halides is 1. The molecule has 122 valence electrons. The summed E-state index contributed by atoms with van der Waals surface area (Å²) in [5, 5.41) is 9.91. The van der Waals surface area contributed by atoms with Crippen LogP contribution in [0, 0.1) is 0 Å². The van der Waals surface area contributed by atoms with E-state index >= 15 is 0 Å². The fourth-order valence-electron chi connectivity index (χ4n) is 3.11. The number of rotatable bonds is 2. The molecule has 22 heavy (non-hydrogen) atoms. The number of halogens is 2. The van der Waals surface area contributed by atoms with Crippen molar-refractivity contribution < 1.29 is 17.9 Å². The van der Waals surface area contributed by atoms with Crippen LogP contribution in [0.4, 0.5) is 10.1 Å². The van der Waals surface area contributed by atoms with Gasteiger partial charge in [-0.25, -0.2) is 12.8 Å². The lowest BCUT2D eigenvalue weighted by Crippen LogP contribution is -2.51. The molecule has 0 radical (unpaired) electrons. The maximum absolute atomic E-state index is 13.5. The summed E-state index contributed by atoms with van der Waals surface area (Å²) < 4.78 is 40.2. The van der Waals surface area contributed by atoms with Gasteiger partial charge in [-0.2, -0.15) is 4.31 Å². The third-order valence-corrected chi connectivity index (χ3v) is 6.61. The van der Waals surface area contributed by atoms with Gasteiger partial charge in [-0.05, 0) is 18.6 Å². The number of aromatic hydroxyl groups is 1. The van der Waals surface area contributed by atoms with E-state index < -0.39 is 21.9 Å². The molecule has 0 aliphatic carbocycles. The summed E-state index contributed by atoms with van der Waals surface area (Å²) >= 11 is 5.95. The highest BCUT2D eigenvalue weighted by Crippen LogP contribution is 2.38. The van der Waals surface area contributed by atoms with Crippen molar-refractivity contribution in [3.05, 3.63) is 17.2 Å². The molecule has 2 saturated heterocycles. The van der Waals surface area contributed by atoms with Crippen LogP contribution in [0.3, 0.4) is 0 Å². The van der Waals surface area contributed by atoms with Gasteiger partial charge in [-0.3, -0.25) is 4.90 Å². The minimum Gasteiger partial charge on any atom is -0.504 e. The van der Waals surface area contributed by atoms with Crippen LogP contribution >= 0.6 is 11.6 Å². The van der Waals surface area contributed by atoms with Crippen molar-refractivity contribution in [2.75, 3.05) is 31.9 Å². The predicted molar refractivity (Wildman–Crippen MR) is 81.2 cm³/mol. The highest BCUT2D eigenvalue weighted by Gasteiger charge is 2.41. The SMILES string of the molecule is Nc1ccc(Cl)c(S(=O)(=O)N2CCN3C[C@@H](F)C[C@H]3C2)c1O. The van der Waals surface area contributed by atoms with E-state index in [4.69, 9.17) is 17.3 Å². The average molecular weight is 350 g/mol. The first kappa shape index (κ1) is 15.8. The molecule has 2 aliphatic rings. The van der Waals surface area contributed by atoms with E-state index in [1.165, 1.54) is 16.4 Å². The molecule has 1 aromatic carbocycles. The maximum Gasteiger partial charge on any atom is 0.248 e. The van der Waals surface area contributed by atoms with Gasteiger partial charge in [0.1, 0.15) is 11.1 Å². The monoisotopic (exact) mass is 349 g/mol. The van der Waals surface area contributed by atoms with E-state index in [0.717, 1.165) is 0 Å². The number of nitrogens with zero attached hydrogens (tertiary/aromatic N) is 2. The Kier molecular flexibility index (Phi) is 3.96. The quantitative estimate of drug-likeness (QED) is 0.615. The van der Waals surface area contributed by atoms with E-state index in [9.17, 15) is 17.9 Å². The molecular formula is C13H17ClFN3O3S. The second kappa shape index (κ2) is 5.52. The molecule has 0 unspecified atom stereocenters. The Balaban J connectivity index is 1.93. The number of phenols is 1. The summed E-state index contributed by atoms with van der Waals surface area (Å²) in [6, 6.07) is 2.55. The number of phenolic OH excluding ortho intramolecular Hbond substituents is 1. The van der Waals surface area contributed by atoms with Crippen molar-refractivity contribution in [1.29, 1.82) is 0 Å². The zero-order valence-corrected chi connectivity index (χ0v) is 13.3. The van der Waals surface area contributed by atoms with Crippen LogP contribution in [0.2, 0.25) is 5.02 Å². The van der Waals surface area contributed by atoms with Gasteiger partial charge in [0.05, 0.1) is 10.7 Å². The van der Waals surface area contributed by atoms with Gasteiger partial charge in [0.25, 0.3) is 0 Å². The van der Waals surface area contributed by atoms with Crippen molar-refractivity contribution in [1.82, 2.24) is 9.21 Å². The van der Waals surface area contributed by atoms with Crippen molar-refractivity contribution in [2.24, 2.45) is 0 Å². The number of benzene rings is 1. The zero-order chi connectivity index (χ0) is 16.1. The molecule has 0 aromatic heterocycles. The van der Waals surface area contributed by atoms with Crippen molar-refractivity contribution in [2.45, 2.75) is 23.5 Å². The Morgan fingerprint density at radius 2 is 2.05 bits per heavy atom. The molecule has 2 aliphatic heterocycles. The molecule has 0 bridgehead atoms. The van der Waals surface area contributed by atoms with E-state index in [0.29, 0.717) is 19.5 Å². The van der Waals surface area contributed by atoms with Crippen LogP contribution in [0.1, 0.15) is 6.42 Å². The Morgan fingerprint density at radius 1 is 1.32 bits per heavy atom. The first-order valence-corrected chi connectivity index (χ1v) is 8.77. The highest BCUT2D eigenvalue weighted by molar-refractivity contribution is 7.89. The second-order valence-corrected chi connectivity index (χ2v) is 7.94. The minimum atomic E-state index is -3.98. The van der Waals surface area contributed by atoms with Crippen LogP contribution in [0.25, 0.3) is 0 Å². The molecular weight excluding hydrogens is 333 g/mol. The van der Waals surface area contributed by atoms with Gasteiger partial charge in [-0.15, -0.1) is 0 Å². The maximum atomic E-state index is 13.5. The molecule has 0 amide bonds. The molecule has 0 saturated carbocycles. The number of hydrogen-bond acceptors (Lipinski definition) is 5. The first-order chi connectivity index (χ1) is 10.3. The zero-order valence-electron chi connectivity index (χ0n) is 11.7. The largest absolute Gasteiger partial charge is 0.504 e.